The lowest BCUT2D eigenvalue weighted by molar-refractivity contribution is 0.389. The molecule has 0 aromatic heterocycles. The van der Waals surface area contributed by atoms with Crippen LogP contribution in [0.4, 0.5) is 0 Å². The minimum absolute atomic E-state index is 0.401. The van der Waals surface area contributed by atoms with E-state index in [1.807, 2.05) is 12.1 Å². The normalized spacial score (nSPS) is 12.3. The van der Waals surface area contributed by atoms with E-state index < -0.39 is 0 Å². The number of methoxy groups -OCH3 is 2. The van der Waals surface area contributed by atoms with Crippen LogP contribution in [-0.2, 0) is 0 Å². The molecule has 1 atom stereocenters. The molecule has 1 unspecified atom stereocenters. The Hall–Kier alpha value is -0.410. The second-order valence-electron chi connectivity index (χ2n) is 3.61. The van der Waals surface area contributed by atoms with E-state index in [9.17, 15) is 0 Å². The van der Waals surface area contributed by atoms with Gasteiger partial charge in [0.15, 0.2) is 0 Å². The summed E-state index contributed by atoms with van der Waals surface area (Å²) in [6.07, 6.45) is 1.04. The molecule has 0 aliphatic carbocycles. The van der Waals surface area contributed by atoms with Crippen molar-refractivity contribution in [1.82, 2.24) is 0 Å². The van der Waals surface area contributed by atoms with Crippen LogP contribution in [0.25, 0.3) is 0 Å². The van der Waals surface area contributed by atoms with Crippen molar-refractivity contribution in [3.05, 3.63) is 22.7 Å². The summed E-state index contributed by atoms with van der Waals surface area (Å²) in [6.45, 7) is 2.15. The number of halogens is 2. The summed E-state index contributed by atoms with van der Waals surface area (Å²) >= 11 is 9.55. The standard InChI is InChI=1S/C12H16BrClO2/c1-8(4-5-13)9-6-10(14)12(16-3)7-11(9)15-2/h6-8H,4-5H2,1-3H3. The summed E-state index contributed by atoms with van der Waals surface area (Å²) in [7, 11) is 3.26. The van der Waals surface area contributed by atoms with Crippen LogP contribution in [0.3, 0.4) is 0 Å². The molecule has 0 amide bonds. The van der Waals surface area contributed by atoms with E-state index in [0.29, 0.717) is 16.7 Å². The molecule has 2 nitrogen and oxygen atoms in total. The second kappa shape index (κ2) is 6.36. The van der Waals surface area contributed by atoms with Crippen molar-refractivity contribution in [2.75, 3.05) is 19.5 Å². The Balaban J connectivity index is 3.12. The number of benzene rings is 1. The van der Waals surface area contributed by atoms with Gasteiger partial charge < -0.3 is 9.47 Å². The minimum atomic E-state index is 0.401. The molecule has 16 heavy (non-hydrogen) atoms. The molecule has 1 aromatic rings. The van der Waals surface area contributed by atoms with Gasteiger partial charge in [-0.3, -0.25) is 0 Å². The highest BCUT2D eigenvalue weighted by molar-refractivity contribution is 9.09. The molecule has 0 heterocycles. The molecule has 0 radical (unpaired) electrons. The molecular weight excluding hydrogens is 291 g/mol. The Kier molecular flexibility index (Phi) is 5.42. The number of hydrogen-bond donors (Lipinski definition) is 0. The van der Waals surface area contributed by atoms with Crippen LogP contribution in [0.1, 0.15) is 24.8 Å². The van der Waals surface area contributed by atoms with Crippen LogP contribution in [0.15, 0.2) is 12.1 Å². The molecule has 4 heteroatoms. The first kappa shape index (κ1) is 13.7. The van der Waals surface area contributed by atoms with Crippen molar-refractivity contribution in [2.24, 2.45) is 0 Å². The fraction of sp³-hybridized carbons (Fsp3) is 0.500. The van der Waals surface area contributed by atoms with Gasteiger partial charge in [-0.15, -0.1) is 0 Å². The molecule has 0 bridgehead atoms. The highest BCUT2D eigenvalue weighted by atomic mass is 79.9. The van der Waals surface area contributed by atoms with E-state index >= 15 is 0 Å². The minimum Gasteiger partial charge on any atom is -0.496 e. The molecule has 0 aliphatic heterocycles. The van der Waals surface area contributed by atoms with Crippen molar-refractivity contribution in [2.45, 2.75) is 19.3 Å². The summed E-state index contributed by atoms with van der Waals surface area (Å²) in [5, 5.41) is 1.58. The number of rotatable bonds is 5. The van der Waals surface area contributed by atoms with Gasteiger partial charge in [-0.05, 0) is 24.0 Å². The molecule has 0 spiro atoms. The third-order valence-electron chi connectivity index (χ3n) is 2.58. The van der Waals surface area contributed by atoms with E-state index in [0.717, 1.165) is 23.1 Å². The summed E-state index contributed by atoms with van der Waals surface area (Å²) < 4.78 is 10.5. The first-order chi connectivity index (χ1) is 7.63. The van der Waals surface area contributed by atoms with Gasteiger partial charge in [0.2, 0.25) is 0 Å². The first-order valence-corrected chi connectivity index (χ1v) is 6.61. The third-order valence-corrected chi connectivity index (χ3v) is 3.33. The Bertz CT molecular complexity index is 355. The van der Waals surface area contributed by atoms with Crippen LogP contribution >= 0.6 is 27.5 Å². The number of hydrogen-bond acceptors (Lipinski definition) is 2. The Morgan fingerprint density at radius 1 is 1.25 bits per heavy atom. The van der Waals surface area contributed by atoms with Crippen LogP contribution in [0.5, 0.6) is 11.5 Å². The Labute approximate surface area is 110 Å². The zero-order valence-corrected chi connectivity index (χ0v) is 12.1. The van der Waals surface area contributed by atoms with Gasteiger partial charge in [-0.25, -0.2) is 0 Å². The highest BCUT2D eigenvalue weighted by Gasteiger charge is 2.14. The van der Waals surface area contributed by atoms with Gasteiger partial charge in [0.25, 0.3) is 0 Å². The molecule has 0 N–H and O–H groups in total. The van der Waals surface area contributed by atoms with Crippen molar-refractivity contribution in [1.29, 1.82) is 0 Å². The van der Waals surface area contributed by atoms with Crippen molar-refractivity contribution < 1.29 is 9.47 Å². The maximum atomic E-state index is 6.11. The van der Waals surface area contributed by atoms with Crippen LogP contribution in [-0.4, -0.2) is 19.5 Å². The monoisotopic (exact) mass is 306 g/mol. The van der Waals surface area contributed by atoms with E-state index in [1.165, 1.54) is 0 Å². The molecule has 1 aromatic carbocycles. The lowest BCUT2D eigenvalue weighted by Crippen LogP contribution is -1.99. The maximum absolute atomic E-state index is 6.11. The molecule has 0 fully saturated rings. The summed E-state index contributed by atoms with van der Waals surface area (Å²) in [5.41, 5.74) is 1.12. The lowest BCUT2D eigenvalue weighted by atomic mass is 9.97. The summed E-state index contributed by atoms with van der Waals surface area (Å²) in [5.74, 6) is 1.88. The molecular formula is C12H16BrClO2. The molecule has 90 valence electrons. The van der Waals surface area contributed by atoms with Crippen molar-refractivity contribution >= 4 is 27.5 Å². The molecule has 0 saturated heterocycles. The second-order valence-corrected chi connectivity index (χ2v) is 4.81. The highest BCUT2D eigenvalue weighted by Crippen LogP contribution is 2.37. The summed E-state index contributed by atoms with van der Waals surface area (Å²) in [4.78, 5) is 0. The van der Waals surface area contributed by atoms with Crippen molar-refractivity contribution in [3.63, 3.8) is 0 Å². The van der Waals surface area contributed by atoms with Crippen molar-refractivity contribution in [3.8, 4) is 11.5 Å². The molecule has 0 aliphatic rings. The van der Waals surface area contributed by atoms with E-state index in [2.05, 4.69) is 22.9 Å². The van der Waals surface area contributed by atoms with Crippen LogP contribution < -0.4 is 9.47 Å². The van der Waals surface area contributed by atoms with Crippen LogP contribution in [0.2, 0.25) is 5.02 Å². The molecule has 1 rings (SSSR count). The van der Waals surface area contributed by atoms with Gasteiger partial charge in [-0.1, -0.05) is 34.5 Å². The number of ether oxygens (including phenoxy) is 2. The van der Waals surface area contributed by atoms with Gasteiger partial charge in [0, 0.05) is 11.4 Å². The summed E-state index contributed by atoms with van der Waals surface area (Å²) in [6, 6.07) is 3.76. The Morgan fingerprint density at radius 2 is 1.88 bits per heavy atom. The average molecular weight is 308 g/mol. The fourth-order valence-electron chi connectivity index (χ4n) is 1.59. The van der Waals surface area contributed by atoms with Gasteiger partial charge in [0.1, 0.15) is 11.5 Å². The van der Waals surface area contributed by atoms with E-state index in [1.54, 1.807) is 14.2 Å². The Morgan fingerprint density at radius 3 is 2.38 bits per heavy atom. The zero-order valence-electron chi connectivity index (χ0n) is 9.72. The SMILES string of the molecule is COc1cc(OC)c(C(C)CCBr)cc1Cl. The number of alkyl halides is 1. The smallest absolute Gasteiger partial charge is 0.141 e. The quantitative estimate of drug-likeness (QED) is 0.757. The topological polar surface area (TPSA) is 18.5 Å². The van der Waals surface area contributed by atoms with Gasteiger partial charge in [0.05, 0.1) is 19.2 Å². The maximum Gasteiger partial charge on any atom is 0.141 e. The lowest BCUT2D eigenvalue weighted by Gasteiger charge is -2.16. The zero-order chi connectivity index (χ0) is 12.1. The average Bonchev–Trinajstić information content (AvgIpc) is 2.29. The van der Waals surface area contributed by atoms with Gasteiger partial charge in [-0.2, -0.15) is 0 Å². The van der Waals surface area contributed by atoms with Crippen LogP contribution in [0, 0.1) is 0 Å². The predicted octanol–water partition coefficient (Wildman–Crippen LogP) is 4.25. The van der Waals surface area contributed by atoms with E-state index in [-0.39, 0.29) is 0 Å². The molecule has 0 saturated carbocycles. The first-order valence-electron chi connectivity index (χ1n) is 5.11. The third kappa shape index (κ3) is 3.05. The fourth-order valence-corrected chi connectivity index (χ4v) is 2.52. The van der Waals surface area contributed by atoms with E-state index in [4.69, 9.17) is 21.1 Å². The van der Waals surface area contributed by atoms with Gasteiger partial charge >= 0.3 is 0 Å². The predicted molar refractivity (Wildman–Crippen MR) is 71.4 cm³/mol. The largest absolute Gasteiger partial charge is 0.496 e.